The number of fused-ring (bicyclic) bond motifs is 1. The number of benzene rings is 2. The zero-order chi connectivity index (χ0) is 20.6. The van der Waals surface area contributed by atoms with E-state index in [4.69, 9.17) is 0 Å². The lowest BCUT2D eigenvalue weighted by Crippen LogP contribution is -3.16. The Kier molecular flexibility index (Phi) is 4.92. The molecule has 0 unspecified atom stereocenters. The number of amides is 2. The molecule has 3 N–H and O–H groups in total. The third-order valence-corrected chi connectivity index (χ3v) is 5.84. The van der Waals surface area contributed by atoms with Crippen LogP contribution in [0, 0.1) is 0 Å². The van der Waals surface area contributed by atoms with Crippen LogP contribution >= 0.6 is 0 Å². The minimum Gasteiger partial charge on any atom is -0.508 e. The summed E-state index contributed by atoms with van der Waals surface area (Å²) in [6.45, 7) is 7.29. The molecule has 152 valence electrons. The Hall–Kier alpha value is -3.06. The van der Waals surface area contributed by atoms with Gasteiger partial charge >= 0.3 is 0 Å². The van der Waals surface area contributed by atoms with Crippen molar-refractivity contribution in [3.63, 3.8) is 0 Å². The summed E-state index contributed by atoms with van der Waals surface area (Å²) in [5.74, 6) is 0.0548. The van der Waals surface area contributed by atoms with E-state index in [-0.39, 0.29) is 17.6 Å². The van der Waals surface area contributed by atoms with E-state index < -0.39 is 5.54 Å². The summed E-state index contributed by atoms with van der Waals surface area (Å²) in [6, 6.07) is 14.7. The second kappa shape index (κ2) is 7.40. The Morgan fingerprint density at radius 1 is 1.10 bits per heavy atom. The number of anilines is 3. The number of carbonyl (C=O) groups is 2. The molecule has 0 spiro atoms. The lowest BCUT2D eigenvalue weighted by Gasteiger charge is -2.42. The lowest BCUT2D eigenvalue weighted by molar-refractivity contribution is -0.892. The Labute approximate surface area is 170 Å². The summed E-state index contributed by atoms with van der Waals surface area (Å²) in [6.07, 6.45) is 0. The van der Waals surface area contributed by atoms with Gasteiger partial charge in [0.1, 0.15) is 11.3 Å². The van der Waals surface area contributed by atoms with Gasteiger partial charge in [0.25, 0.3) is 5.91 Å². The Morgan fingerprint density at radius 2 is 1.76 bits per heavy atom. The first kappa shape index (κ1) is 19.3. The number of quaternary nitrogens is 1. The molecule has 2 aromatic rings. The molecule has 1 fully saturated rings. The van der Waals surface area contributed by atoms with Crippen molar-refractivity contribution in [1.29, 1.82) is 0 Å². The fourth-order valence-corrected chi connectivity index (χ4v) is 4.11. The van der Waals surface area contributed by atoms with E-state index in [1.54, 1.807) is 30.9 Å². The van der Waals surface area contributed by atoms with E-state index in [1.807, 2.05) is 36.4 Å². The SMILES string of the molecule is CC1(C)C(=O)Nc2ccccc2N1C(=O)C[NH+]1CCN(c2ccc(O)cc2)CC1. The van der Waals surface area contributed by atoms with Gasteiger partial charge in [0, 0.05) is 5.69 Å². The molecule has 0 aromatic heterocycles. The van der Waals surface area contributed by atoms with Crippen LogP contribution < -0.4 is 20.0 Å². The predicted octanol–water partition coefficient (Wildman–Crippen LogP) is 0.861. The molecule has 0 radical (unpaired) electrons. The van der Waals surface area contributed by atoms with Gasteiger partial charge in [0.2, 0.25) is 5.91 Å². The number of para-hydroxylation sites is 2. The molecule has 0 atom stereocenters. The van der Waals surface area contributed by atoms with Crippen LogP contribution in [0.5, 0.6) is 5.75 Å². The zero-order valence-corrected chi connectivity index (χ0v) is 16.8. The number of nitrogens with zero attached hydrogens (tertiary/aromatic N) is 2. The quantitative estimate of drug-likeness (QED) is 0.721. The first-order valence-electron chi connectivity index (χ1n) is 9.97. The van der Waals surface area contributed by atoms with Crippen molar-refractivity contribution in [3.8, 4) is 5.75 Å². The predicted molar refractivity (Wildman–Crippen MR) is 113 cm³/mol. The fraction of sp³-hybridized carbons (Fsp3) is 0.364. The van der Waals surface area contributed by atoms with Crippen molar-refractivity contribution in [3.05, 3.63) is 48.5 Å². The third kappa shape index (κ3) is 3.65. The monoisotopic (exact) mass is 395 g/mol. The van der Waals surface area contributed by atoms with E-state index in [2.05, 4.69) is 10.2 Å². The normalized spacial score (nSPS) is 18.9. The highest BCUT2D eigenvalue weighted by Crippen LogP contribution is 2.36. The highest BCUT2D eigenvalue weighted by atomic mass is 16.3. The van der Waals surface area contributed by atoms with Crippen LogP contribution in [0.25, 0.3) is 0 Å². The molecule has 0 saturated carbocycles. The van der Waals surface area contributed by atoms with E-state index in [0.717, 1.165) is 37.6 Å². The Balaban J connectivity index is 1.44. The summed E-state index contributed by atoms with van der Waals surface area (Å²) >= 11 is 0. The van der Waals surface area contributed by atoms with Crippen LogP contribution in [0.3, 0.4) is 0 Å². The van der Waals surface area contributed by atoms with Gasteiger partial charge in [-0.2, -0.15) is 0 Å². The number of nitrogens with one attached hydrogen (secondary N) is 2. The van der Waals surface area contributed by atoms with Gasteiger partial charge in [-0.1, -0.05) is 12.1 Å². The average molecular weight is 395 g/mol. The van der Waals surface area contributed by atoms with Crippen LogP contribution in [-0.4, -0.2) is 55.2 Å². The summed E-state index contributed by atoms with van der Waals surface area (Å²) in [7, 11) is 0. The maximum atomic E-state index is 13.3. The number of hydrogen-bond acceptors (Lipinski definition) is 4. The second-order valence-electron chi connectivity index (χ2n) is 8.19. The molecule has 2 aliphatic heterocycles. The van der Waals surface area contributed by atoms with Crippen molar-refractivity contribution in [2.75, 3.05) is 47.8 Å². The van der Waals surface area contributed by atoms with Crippen molar-refractivity contribution >= 4 is 28.9 Å². The molecule has 4 rings (SSSR count). The number of phenolic OH excluding ortho intramolecular Hbond substituents is 1. The van der Waals surface area contributed by atoms with Crippen molar-refractivity contribution < 1.29 is 19.6 Å². The lowest BCUT2D eigenvalue weighted by atomic mass is 9.96. The minimum absolute atomic E-state index is 0.0367. The minimum atomic E-state index is -0.932. The van der Waals surface area contributed by atoms with Crippen LogP contribution in [0.4, 0.5) is 17.1 Å². The maximum absolute atomic E-state index is 13.3. The summed E-state index contributed by atoms with van der Waals surface area (Å²) in [5.41, 5.74) is 1.58. The number of piperazine rings is 1. The van der Waals surface area contributed by atoms with E-state index in [0.29, 0.717) is 12.2 Å². The highest BCUT2D eigenvalue weighted by Gasteiger charge is 2.44. The van der Waals surface area contributed by atoms with Crippen LogP contribution in [-0.2, 0) is 9.59 Å². The number of carbonyl (C=O) groups excluding carboxylic acids is 2. The highest BCUT2D eigenvalue weighted by molar-refractivity contribution is 6.14. The molecule has 2 aliphatic rings. The van der Waals surface area contributed by atoms with Crippen molar-refractivity contribution in [2.45, 2.75) is 19.4 Å². The molecular formula is C22H27N4O3+. The van der Waals surface area contributed by atoms with Crippen molar-refractivity contribution in [2.24, 2.45) is 0 Å². The second-order valence-corrected chi connectivity index (χ2v) is 8.19. The van der Waals surface area contributed by atoms with Gasteiger partial charge in [-0.3, -0.25) is 14.5 Å². The molecule has 1 saturated heterocycles. The molecule has 7 heteroatoms. The molecule has 0 bridgehead atoms. The van der Waals surface area contributed by atoms with Gasteiger partial charge in [-0.05, 0) is 50.2 Å². The van der Waals surface area contributed by atoms with E-state index in [9.17, 15) is 14.7 Å². The van der Waals surface area contributed by atoms with Gasteiger partial charge in [-0.15, -0.1) is 0 Å². The summed E-state index contributed by atoms with van der Waals surface area (Å²) < 4.78 is 0. The standard InChI is InChI=1S/C22H26N4O3/c1-22(2)21(29)23-18-5-3-4-6-19(18)26(22)20(28)15-24-11-13-25(14-12-24)16-7-9-17(27)10-8-16/h3-10,27H,11-15H2,1-2H3,(H,23,29)/p+1. The largest absolute Gasteiger partial charge is 0.508 e. The maximum Gasteiger partial charge on any atom is 0.283 e. The van der Waals surface area contributed by atoms with Crippen LogP contribution in [0.15, 0.2) is 48.5 Å². The van der Waals surface area contributed by atoms with Crippen LogP contribution in [0.1, 0.15) is 13.8 Å². The number of rotatable bonds is 3. The fourth-order valence-electron chi connectivity index (χ4n) is 4.11. The number of phenols is 1. The first-order valence-corrected chi connectivity index (χ1v) is 9.97. The third-order valence-electron chi connectivity index (χ3n) is 5.84. The van der Waals surface area contributed by atoms with Gasteiger partial charge < -0.3 is 20.2 Å². The molecule has 0 aliphatic carbocycles. The topological polar surface area (TPSA) is 77.3 Å². The van der Waals surface area contributed by atoms with Gasteiger partial charge in [-0.25, -0.2) is 0 Å². The van der Waals surface area contributed by atoms with Crippen LogP contribution in [0.2, 0.25) is 0 Å². The first-order chi connectivity index (χ1) is 13.9. The molecule has 2 amide bonds. The molecule has 2 aromatic carbocycles. The van der Waals surface area contributed by atoms with E-state index >= 15 is 0 Å². The smallest absolute Gasteiger partial charge is 0.283 e. The molecule has 29 heavy (non-hydrogen) atoms. The summed E-state index contributed by atoms with van der Waals surface area (Å²) in [5, 5.41) is 12.4. The number of aromatic hydroxyl groups is 1. The average Bonchev–Trinajstić information content (AvgIpc) is 2.70. The van der Waals surface area contributed by atoms with Crippen molar-refractivity contribution in [1.82, 2.24) is 0 Å². The molecule has 7 nitrogen and oxygen atoms in total. The zero-order valence-electron chi connectivity index (χ0n) is 16.8. The number of hydrogen-bond donors (Lipinski definition) is 3. The molecular weight excluding hydrogens is 368 g/mol. The van der Waals surface area contributed by atoms with E-state index in [1.165, 1.54) is 4.90 Å². The molecule has 2 heterocycles. The Bertz CT molecular complexity index is 918. The summed E-state index contributed by atoms with van der Waals surface area (Å²) in [4.78, 5) is 31.0. The van der Waals surface area contributed by atoms with Gasteiger partial charge in [0.05, 0.1) is 37.6 Å². The van der Waals surface area contributed by atoms with Gasteiger partial charge in [0.15, 0.2) is 6.54 Å². The Morgan fingerprint density at radius 3 is 2.45 bits per heavy atom.